The van der Waals surface area contributed by atoms with Crippen LogP contribution in [-0.2, 0) is 0 Å². The standard InChI is InChI=1S/C8H6Cl2N2OS/c1-4(9)7-11-12-8(13-7)5-2-3-6(10)14-5/h2-4H,1H3. The van der Waals surface area contributed by atoms with E-state index in [0.717, 1.165) is 4.88 Å². The Balaban J connectivity index is 2.33. The largest absolute Gasteiger partial charge is 0.418 e. The second kappa shape index (κ2) is 3.88. The molecule has 3 nitrogen and oxygen atoms in total. The van der Waals surface area contributed by atoms with Crippen LogP contribution in [0.5, 0.6) is 0 Å². The van der Waals surface area contributed by atoms with E-state index in [4.69, 9.17) is 27.6 Å². The highest BCUT2D eigenvalue weighted by atomic mass is 35.5. The van der Waals surface area contributed by atoms with Crippen LogP contribution in [0.25, 0.3) is 10.8 Å². The summed E-state index contributed by atoms with van der Waals surface area (Å²) in [5.74, 6) is 0.885. The van der Waals surface area contributed by atoms with E-state index in [1.54, 1.807) is 13.0 Å². The first-order chi connectivity index (χ1) is 6.66. The molecular formula is C8H6Cl2N2OS. The average molecular weight is 249 g/mol. The average Bonchev–Trinajstić information content (AvgIpc) is 2.70. The molecule has 2 aromatic heterocycles. The lowest BCUT2D eigenvalue weighted by molar-refractivity contribution is 0.508. The highest BCUT2D eigenvalue weighted by Crippen LogP contribution is 2.31. The minimum atomic E-state index is -0.272. The summed E-state index contributed by atoms with van der Waals surface area (Å²) in [6.07, 6.45) is 0. The molecule has 0 aliphatic rings. The Morgan fingerprint density at radius 1 is 1.43 bits per heavy atom. The van der Waals surface area contributed by atoms with Crippen LogP contribution in [0.4, 0.5) is 0 Å². The number of hydrogen-bond donors (Lipinski definition) is 0. The number of hydrogen-bond acceptors (Lipinski definition) is 4. The number of nitrogens with zero attached hydrogens (tertiary/aromatic N) is 2. The number of halogens is 2. The van der Waals surface area contributed by atoms with Crippen molar-refractivity contribution in [3.05, 3.63) is 22.4 Å². The number of aromatic nitrogens is 2. The van der Waals surface area contributed by atoms with Crippen molar-refractivity contribution in [2.75, 3.05) is 0 Å². The van der Waals surface area contributed by atoms with Crippen molar-refractivity contribution in [2.24, 2.45) is 0 Å². The van der Waals surface area contributed by atoms with Crippen LogP contribution in [0.1, 0.15) is 18.2 Å². The Morgan fingerprint density at radius 3 is 2.71 bits per heavy atom. The molecule has 14 heavy (non-hydrogen) atoms. The quantitative estimate of drug-likeness (QED) is 0.761. The fourth-order valence-corrected chi connectivity index (χ4v) is 1.98. The van der Waals surface area contributed by atoms with Crippen molar-refractivity contribution >= 4 is 34.5 Å². The van der Waals surface area contributed by atoms with Crippen LogP contribution in [0.2, 0.25) is 4.34 Å². The van der Waals surface area contributed by atoms with Gasteiger partial charge in [-0.05, 0) is 19.1 Å². The van der Waals surface area contributed by atoms with Crippen molar-refractivity contribution in [1.82, 2.24) is 10.2 Å². The van der Waals surface area contributed by atoms with Crippen molar-refractivity contribution in [3.8, 4) is 10.8 Å². The molecule has 0 bridgehead atoms. The van der Waals surface area contributed by atoms with Gasteiger partial charge in [-0.2, -0.15) is 0 Å². The van der Waals surface area contributed by atoms with E-state index in [1.165, 1.54) is 11.3 Å². The third-order valence-electron chi connectivity index (χ3n) is 1.56. The fourth-order valence-electron chi connectivity index (χ4n) is 0.924. The SMILES string of the molecule is CC(Cl)c1nnc(-c2ccc(Cl)s2)o1. The van der Waals surface area contributed by atoms with E-state index >= 15 is 0 Å². The lowest BCUT2D eigenvalue weighted by Crippen LogP contribution is -1.81. The molecule has 0 fully saturated rings. The zero-order chi connectivity index (χ0) is 10.1. The molecule has 0 radical (unpaired) electrons. The molecule has 0 spiro atoms. The van der Waals surface area contributed by atoms with E-state index in [0.29, 0.717) is 16.1 Å². The Bertz CT molecular complexity index is 438. The highest BCUT2D eigenvalue weighted by Gasteiger charge is 2.13. The molecule has 6 heteroatoms. The van der Waals surface area contributed by atoms with Crippen LogP contribution < -0.4 is 0 Å². The summed E-state index contributed by atoms with van der Waals surface area (Å²) in [6.45, 7) is 1.78. The molecule has 0 amide bonds. The first-order valence-corrected chi connectivity index (χ1v) is 5.53. The summed E-state index contributed by atoms with van der Waals surface area (Å²) < 4.78 is 6.04. The van der Waals surface area contributed by atoms with Gasteiger partial charge in [0, 0.05) is 0 Å². The first kappa shape index (κ1) is 9.96. The maximum atomic E-state index is 5.79. The maximum absolute atomic E-state index is 5.79. The Kier molecular flexibility index (Phi) is 2.76. The van der Waals surface area contributed by atoms with Crippen LogP contribution in [0.3, 0.4) is 0 Å². The van der Waals surface area contributed by atoms with Crippen molar-refractivity contribution < 1.29 is 4.42 Å². The van der Waals surface area contributed by atoms with Crippen LogP contribution in [0.15, 0.2) is 16.5 Å². The molecule has 0 aromatic carbocycles. The summed E-state index contributed by atoms with van der Waals surface area (Å²) in [6, 6.07) is 3.62. The summed E-state index contributed by atoms with van der Waals surface area (Å²) in [4.78, 5) is 0.853. The highest BCUT2D eigenvalue weighted by molar-refractivity contribution is 7.19. The van der Waals surface area contributed by atoms with Gasteiger partial charge in [0.05, 0.1) is 9.21 Å². The molecule has 0 N–H and O–H groups in total. The Morgan fingerprint density at radius 2 is 2.21 bits per heavy atom. The van der Waals surface area contributed by atoms with Gasteiger partial charge in [-0.15, -0.1) is 33.1 Å². The monoisotopic (exact) mass is 248 g/mol. The predicted octanol–water partition coefficient (Wildman–Crippen LogP) is 3.75. The van der Waals surface area contributed by atoms with Gasteiger partial charge in [0.2, 0.25) is 5.89 Å². The van der Waals surface area contributed by atoms with Gasteiger partial charge in [-0.1, -0.05) is 11.6 Å². The minimum absolute atomic E-state index is 0.272. The zero-order valence-electron chi connectivity index (χ0n) is 7.20. The van der Waals surface area contributed by atoms with Crippen LogP contribution >= 0.6 is 34.5 Å². The summed E-state index contributed by atoms with van der Waals surface area (Å²) in [5, 5.41) is 7.42. The van der Waals surface area contributed by atoms with Gasteiger partial charge in [-0.3, -0.25) is 0 Å². The van der Waals surface area contributed by atoms with Crippen LogP contribution in [-0.4, -0.2) is 10.2 Å². The van der Waals surface area contributed by atoms with Crippen molar-refractivity contribution in [3.63, 3.8) is 0 Å². The van der Waals surface area contributed by atoms with Crippen molar-refractivity contribution in [2.45, 2.75) is 12.3 Å². The number of thiophene rings is 1. The second-order valence-corrected chi connectivity index (χ2v) is 5.03. The van der Waals surface area contributed by atoms with Gasteiger partial charge < -0.3 is 4.42 Å². The summed E-state index contributed by atoms with van der Waals surface area (Å²) in [5.41, 5.74) is 0. The normalized spacial score (nSPS) is 13.1. The molecule has 0 saturated carbocycles. The Hall–Kier alpha value is -0.580. The lowest BCUT2D eigenvalue weighted by atomic mass is 10.5. The zero-order valence-corrected chi connectivity index (χ0v) is 9.53. The van der Waals surface area contributed by atoms with E-state index in [2.05, 4.69) is 10.2 Å². The molecule has 1 atom stereocenters. The molecule has 74 valence electrons. The van der Waals surface area contributed by atoms with Crippen LogP contribution in [0, 0.1) is 0 Å². The van der Waals surface area contributed by atoms with Gasteiger partial charge in [0.1, 0.15) is 5.38 Å². The Labute approximate surface area is 94.7 Å². The lowest BCUT2D eigenvalue weighted by Gasteiger charge is -1.91. The topological polar surface area (TPSA) is 38.9 Å². The molecule has 1 unspecified atom stereocenters. The van der Waals surface area contributed by atoms with Gasteiger partial charge in [0.15, 0.2) is 0 Å². The van der Waals surface area contributed by atoms with Gasteiger partial charge in [-0.25, -0.2) is 0 Å². The summed E-state index contributed by atoms with van der Waals surface area (Å²) >= 11 is 13.0. The molecule has 0 aliphatic heterocycles. The second-order valence-electron chi connectivity index (χ2n) is 2.67. The fraction of sp³-hybridized carbons (Fsp3) is 0.250. The smallest absolute Gasteiger partial charge is 0.257 e. The first-order valence-electron chi connectivity index (χ1n) is 3.90. The predicted molar refractivity (Wildman–Crippen MR) is 56.9 cm³/mol. The maximum Gasteiger partial charge on any atom is 0.257 e. The minimum Gasteiger partial charge on any atom is -0.418 e. The van der Waals surface area contributed by atoms with E-state index in [-0.39, 0.29) is 5.38 Å². The van der Waals surface area contributed by atoms with Crippen molar-refractivity contribution in [1.29, 1.82) is 0 Å². The number of alkyl halides is 1. The molecule has 0 saturated heterocycles. The van der Waals surface area contributed by atoms with E-state index in [1.807, 2.05) is 6.07 Å². The van der Waals surface area contributed by atoms with Gasteiger partial charge >= 0.3 is 0 Å². The third-order valence-corrected chi connectivity index (χ3v) is 2.97. The molecule has 2 aromatic rings. The van der Waals surface area contributed by atoms with Gasteiger partial charge in [0.25, 0.3) is 5.89 Å². The molecule has 2 heterocycles. The number of rotatable bonds is 2. The third kappa shape index (κ3) is 1.92. The molecule has 0 aliphatic carbocycles. The van der Waals surface area contributed by atoms with E-state index < -0.39 is 0 Å². The molecule has 2 rings (SSSR count). The van der Waals surface area contributed by atoms with E-state index in [9.17, 15) is 0 Å². The molecular weight excluding hydrogens is 243 g/mol. The summed E-state index contributed by atoms with van der Waals surface area (Å²) in [7, 11) is 0.